The Morgan fingerprint density at radius 2 is 1.84 bits per heavy atom. The van der Waals surface area contributed by atoms with Crippen molar-refractivity contribution in [3.05, 3.63) is 33.7 Å². The van der Waals surface area contributed by atoms with Crippen LogP contribution in [0.3, 0.4) is 0 Å². The molecule has 0 aliphatic carbocycles. The second kappa shape index (κ2) is 5.56. The fourth-order valence-corrected chi connectivity index (χ4v) is 3.54. The first-order chi connectivity index (χ1) is 8.88. The Morgan fingerprint density at radius 1 is 1.21 bits per heavy atom. The molecule has 5 nitrogen and oxygen atoms in total. The zero-order chi connectivity index (χ0) is 14.0. The van der Waals surface area contributed by atoms with Gasteiger partial charge in [0.15, 0.2) is 0 Å². The zero-order valence-electron chi connectivity index (χ0n) is 10.3. The van der Waals surface area contributed by atoms with Crippen LogP contribution in [-0.4, -0.2) is 18.6 Å². The molecule has 0 fully saturated rings. The van der Waals surface area contributed by atoms with E-state index in [9.17, 15) is 8.42 Å². The summed E-state index contributed by atoms with van der Waals surface area (Å²) in [6.45, 7) is 3.96. The van der Waals surface area contributed by atoms with Crippen LogP contribution in [-0.2, 0) is 10.0 Å². The molecule has 2 rings (SSSR count). The van der Waals surface area contributed by atoms with Crippen molar-refractivity contribution in [1.29, 1.82) is 0 Å². The van der Waals surface area contributed by atoms with Gasteiger partial charge in [0.2, 0.25) is 5.13 Å². The van der Waals surface area contributed by atoms with Crippen molar-refractivity contribution in [1.82, 2.24) is 10.2 Å². The highest BCUT2D eigenvalue weighted by atomic mass is 79.9. The maximum atomic E-state index is 12.1. The molecule has 1 N–H and O–H groups in total. The summed E-state index contributed by atoms with van der Waals surface area (Å²) in [6.07, 6.45) is 0. The summed E-state index contributed by atoms with van der Waals surface area (Å²) >= 11 is 4.51. The van der Waals surface area contributed by atoms with Gasteiger partial charge in [-0.15, -0.1) is 10.2 Å². The van der Waals surface area contributed by atoms with Crippen molar-refractivity contribution in [2.45, 2.75) is 24.7 Å². The average molecular weight is 362 g/mol. The predicted molar refractivity (Wildman–Crippen MR) is 78.9 cm³/mol. The van der Waals surface area contributed by atoms with Crippen LogP contribution in [0.4, 0.5) is 5.13 Å². The summed E-state index contributed by atoms with van der Waals surface area (Å²) < 4.78 is 27.5. The minimum absolute atomic E-state index is 0.192. The van der Waals surface area contributed by atoms with E-state index in [4.69, 9.17) is 0 Å². The van der Waals surface area contributed by atoms with Gasteiger partial charge in [-0.25, -0.2) is 8.42 Å². The van der Waals surface area contributed by atoms with Gasteiger partial charge in [-0.3, -0.25) is 4.72 Å². The Kier molecular flexibility index (Phi) is 4.22. The summed E-state index contributed by atoms with van der Waals surface area (Å²) in [7, 11) is -3.61. The molecule has 0 spiro atoms. The number of aromatic nitrogens is 2. The highest BCUT2D eigenvalue weighted by Gasteiger charge is 2.17. The van der Waals surface area contributed by atoms with E-state index < -0.39 is 10.0 Å². The number of nitrogens with zero attached hydrogens (tertiary/aromatic N) is 2. The summed E-state index contributed by atoms with van der Waals surface area (Å²) in [5, 5.41) is 8.86. The lowest BCUT2D eigenvalue weighted by atomic mass is 10.2. The van der Waals surface area contributed by atoms with E-state index in [1.54, 1.807) is 12.1 Å². The minimum atomic E-state index is -3.61. The van der Waals surface area contributed by atoms with E-state index in [-0.39, 0.29) is 15.9 Å². The van der Waals surface area contributed by atoms with Crippen molar-refractivity contribution in [3.8, 4) is 0 Å². The summed E-state index contributed by atoms with van der Waals surface area (Å²) in [4.78, 5) is 0.192. The molecule has 1 aromatic heterocycles. The normalized spacial score (nSPS) is 11.8. The van der Waals surface area contributed by atoms with Gasteiger partial charge in [0.05, 0.1) is 4.90 Å². The number of anilines is 1. The number of hydrogen-bond acceptors (Lipinski definition) is 5. The van der Waals surface area contributed by atoms with Crippen LogP contribution in [0.5, 0.6) is 0 Å². The zero-order valence-corrected chi connectivity index (χ0v) is 13.5. The highest BCUT2D eigenvalue weighted by Crippen LogP contribution is 2.25. The third-order valence-corrected chi connectivity index (χ3v) is 5.43. The molecular formula is C11H12BrN3O2S2. The van der Waals surface area contributed by atoms with Crippen LogP contribution in [0.25, 0.3) is 0 Å². The van der Waals surface area contributed by atoms with Crippen molar-refractivity contribution in [2.24, 2.45) is 0 Å². The van der Waals surface area contributed by atoms with Gasteiger partial charge in [-0.2, -0.15) is 0 Å². The largest absolute Gasteiger partial charge is 0.263 e. The van der Waals surface area contributed by atoms with Crippen molar-refractivity contribution in [3.63, 3.8) is 0 Å². The molecule has 0 bridgehead atoms. The molecule has 1 aromatic carbocycles. The molecule has 0 saturated heterocycles. The summed E-state index contributed by atoms with van der Waals surface area (Å²) in [5.41, 5.74) is 0. The van der Waals surface area contributed by atoms with Crippen LogP contribution in [0.1, 0.15) is 24.8 Å². The van der Waals surface area contributed by atoms with Gasteiger partial charge in [0, 0.05) is 10.4 Å². The second-order valence-electron chi connectivity index (χ2n) is 4.16. The maximum absolute atomic E-state index is 12.1. The smallest absolute Gasteiger partial charge is 0.253 e. The first-order valence-corrected chi connectivity index (χ1v) is 8.59. The van der Waals surface area contributed by atoms with Crippen molar-refractivity contribution < 1.29 is 8.42 Å². The third kappa shape index (κ3) is 3.52. The van der Waals surface area contributed by atoms with E-state index in [0.29, 0.717) is 0 Å². The molecule has 0 atom stereocenters. The number of rotatable bonds is 4. The molecule has 1 heterocycles. The molecule has 8 heteroatoms. The first-order valence-electron chi connectivity index (χ1n) is 5.50. The van der Waals surface area contributed by atoms with E-state index >= 15 is 0 Å². The first kappa shape index (κ1) is 14.4. The van der Waals surface area contributed by atoms with Gasteiger partial charge in [0.25, 0.3) is 10.0 Å². The maximum Gasteiger partial charge on any atom is 0.263 e. The topological polar surface area (TPSA) is 72.0 Å². The molecule has 0 unspecified atom stereocenters. The molecule has 19 heavy (non-hydrogen) atoms. The third-order valence-electron chi connectivity index (χ3n) is 2.28. The monoisotopic (exact) mass is 361 g/mol. The number of halogens is 1. The summed E-state index contributed by atoms with van der Waals surface area (Å²) in [5.74, 6) is 0.225. The van der Waals surface area contributed by atoms with Gasteiger partial charge >= 0.3 is 0 Å². The van der Waals surface area contributed by atoms with Gasteiger partial charge in [-0.05, 0) is 24.3 Å². The van der Waals surface area contributed by atoms with E-state index in [0.717, 1.165) is 9.48 Å². The lowest BCUT2D eigenvalue weighted by Crippen LogP contribution is -2.12. The molecule has 0 aliphatic heterocycles. The van der Waals surface area contributed by atoms with Crippen LogP contribution < -0.4 is 4.72 Å². The highest BCUT2D eigenvalue weighted by molar-refractivity contribution is 9.10. The Morgan fingerprint density at radius 3 is 2.37 bits per heavy atom. The Bertz CT molecular complexity index is 666. The standard InChI is InChI=1S/C11H12BrN3O2S2/c1-7(2)10-13-14-11(18-10)15-19(16,17)9-5-3-8(12)4-6-9/h3-7H,1-2H3,(H,14,15). The van der Waals surface area contributed by atoms with Crippen molar-refractivity contribution in [2.75, 3.05) is 4.72 Å². The van der Waals surface area contributed by atoms with Gasteiger partial charge < -0.3 is 0 Å². The lowest BCUT2D eigenvalue weighted by molar-refractivity contribution is 0.601. The second-order valence-corrected chi connectivity index (χ2v) is 7.77. The molecule has 102 valence electrons. The quantitative estimate of drug-likeness (QED) is 0.907. The van der Waals surface area contributed by atoms with Crippen LogP contribution in [0.15, 0.2) is 33.6 Å². The number of hydrogen-bond donors (Lipinski definition) is 1. The SMILES string of the molecule is CC(C)c1nnc(NS(=O)(=O)c2ccc(Br)cc2)s1. The summed E-state index contributed by atoms with van der Waals surface area (Å²) in [6, 6.07) is 6.40. The fourth-order valence-electron chi connectivity index (χ4n) is 1.30. The van der Waals surface area contributed by atoms with Crippen molar-refractivity contribution >= 4 is 42.4 Å². The molecule has 0 aliphatic rings. The van der Waals surface area contributed by atoms with Gasteiger partial charge in [0.1, 0.15) is 5.01 Å². The van der Waals surface area contributed by atoms with E-state index in [1.165, 1.54) is 23.5 Å². The van der Waals surface area contributed by atoms with Crippen LogP contribution >= 0.6 is 27.3 Å². The van der Waals surface area contributed by atoms with E-state index in [2.05, 4.69) is 30.8 Å². The Labute approximate surface area is 124 Å². The van der Waals surface area contributed by atoms with E-state index in [1.807, 2.05) is 13.8 Å². The molecular weight excluding hydrogens is 350 g/mol. The number of sulfonamides is 1. The number of nitrogens with one attached hydrogen (secondary N) is 1. The molecule has 0 amide bonds. The molecule has 0 radical (unpaired) electrons. The fraction of sp³-hybridized carbons (Fsp3) is 0.273. The minimum Gasteiger partial charge on any atom is -0.253 e. The van der Waals surface area contributed by atoms with Crippen LogP contribution in [0, 0.1) is 0 Å². The lowest BCUT2D eigenvalue weighted by Gasteiger charge is -2.04. The average Bonchev–Trinajstić information content (AvgIpc) is 2.77. The molecule has 2 aromatic rings. The Hall–Kier alpha value is -0.990. The van der Waals surface area contributed by atoms with Crippen LogP contribution in [0.2, 0.25) is 0 Å². The predicted octanol–water partition coefficient (Wildman–Crippen LogP) is 3.22. The van der Waals surface area contributed by atoms with Gasteiger partial charge in [-0.1, -0.05) is 41.1 Å². The number of benzene rings is 1. The Balaban J connectivity index is 2.23. The molecule has 0 saturated carbocycles.